The molecular formula is C20H34N4O2. The number of guanidine groups is 1. The summed E-state index contributed by atoms with van der Waals surface area (Å²) in [6.07, 6.45) is 0.319. The summed E-state index contributed by atoms with van der Waals surface area (Å²) in [7, 11) is 3.50. The van der Waals surface area contributed by atoms with Crippen molar-refractivity contribution in [3.05, 3.63) is 35.4 Å². The van der Waals surface area contributed by atoms with Gasteiger partial charge in [0.25, 0.3) is 0 Å². The summed E-state index contributed by atoms with van der Waals surface area (Å²) in [6.45, 7) is 11.4. The molecule has 1 aliphatic rings. The fraction of sp³-hybridized carbons (Fsp3) is 0.650. The van der Waals surface area contributed by atoms with Crippen LogP contribution in [0.2, 0.25) is 0 Å². The third-order valence-corrected chi connectivity index (χ3v) is 4.64. The fourth-order valence-electron chi connectivity index (χ4n) is 2.91. The van der Waals surface area contributed by atoms with E-state index in [0.29, 0.717) is 12.6 Å². The predicted octanol–water partition coefficient (Wildman–Crippen LogP) is 2.00. The molecule has 2 rings (SSSR count). The number of aliphatic imine (C=N–C) groups is 1. The molecule has 0 aromatic heterocycles. The lowest BCUT2D eigenvalue weighted by Crippen LogP contribution is -2.45. The highest BCUT2D eigenvalue weighted by Gasteiger charge is 2.17. The van der Waals surface area contributed by atoms with Crippen molar-refractivity contribution in [1.82, 2.24) is 15.5 Å². The summed E-state index contributed by atoms with van der Waals surface area (Å²) in [4.78, 5) is 6.73. The van der Waals surface area contributed by atoms with Crippen LogP contribution < -0.4 is 10.6 Å². The molecule has 1 atom stereocenters. The first-order valence-corrected chi connectivity index (χ1v) is 9.33. The molecule has 0 aliphatic carbocycles. The quantitative estimate of drug-likeness (QED) is 0.574. The number of nitrogens with one attached hydrogen (secondary N) is 2. The zero-order chi connectivity index (χ0) is 19.0. The maximum atomic E-state index is 5.62. The molecule has 6 heteroatoms. The SMILES string of the molecule is CN=C(NCc1cccc(CN2CCOC(C)C2)c1)NCC(C)(C)OC. The number of hydrogen-bond donors (Lipinski definition) is 2. The Hall–Kier alpha value is -1.63. The van der Waals surface area contributed by atoms with E-state index in [0.717, 1.165) is 38.7 Å². The van der Waals surface area contributed by atoms with Crippen LogP contribution in [0.25, 0.3) is 0 Å². The van der Waals surface area contributed by atoms with Gasteiger partial charge in [0.2, 0.25) is 0 Å². The summed E-state index contributed by atoms with van der Waals surface area (Å²) in [5, 5.41) is 6.68. The van der Waals surface area contributed by atoms with E-state index in [2.05, 4.69) is 51.7 Å². The fourth-order valence-corrected chi connectivity index (χ4v) is 2.91. The van der Waals surface area contributed by atoms with Gasteiger partial charge in [0, 0.05) is 46.9 Å². The molecule has 1 aromatic carbocycles. The zero-order valence-electron chi connectivity index (χ0n) is 16.8. The molecule has 6 nitrogen and oxygen atoms in total. The molecule has 1 fully saturated rings. The van der Waals surface area contributed by atoms with E-state index in [1.165, 1.54) is 11.1 Å². The van der Waals surface area contributed by atoms with E-state index in [1.807, 2.05) is 13.8 Å². The van der Waals surface area contributed by atoms with Crippen molar-refractivity contribution < 1.29 is 9.47 Å². The Bertz CT molecular complexity index is 589. The first-order chi connectivity index (χ1) is 12.4. The average Bonchev–Trinajstić information content (AvgIpc) is 2.62. The van der Waals surface area contributed by atoms with Gasteiger partial charge >= 0.3 is 0 Å². The van der Waals surface area contributed by atoms with Gasteiger partial charge in [-0.15, -0.1) is 0 Å². The lowest BCUT2D eigenvalue weighted by atomic mass is 10.1. The molecule has 1 heterocycles. The van der Waals surface area contributed by atoms with Crippen molar-refractivity contribution in [1.29, 1.82) is 0 Å². The average molecular weight is 363 g/mol. The minimum Gasteiger partial charge on any atom is -0.377 e. The van der Waals surface area contributed by atoms with Gasteiger partial charge < -0.3 is 20.1 Å². The van der Waals surface area contributed by atoms with Crippen molar-refractivity contribution in [2.24, 2.45) is 4.99 Å². The molecule has 0 spiro atoms. The van der Waals surface area contributed by atoms with E-state index >= 15 is 0 Å². The van der Waals surface area contributed by atoms with Gasteiger partial charge in [-0.05, 0) is 31.9 Å². The summed E-state index contributed by atoms with van der Waals surface area (Å²) in [5.74, 6) is 0.780. The molecule has 1 unspecified atom stereocenters. The number of methoxy groups -OCH3 is 1. The molecule has 0 radical (unpaired) electrons. The Morgan fingerprint density at radius 1 is 1.35 bits per heavy atom. The number of morpholine rings is 1. The van der Waals surface area contributed by atoms with Crippen LogP contribution in [0.1, 0.15) is 31.9 Å². The summed E-state index contributed by atoms with van der Waals surface area (Å²) in [6, 6.07) is 8.72. The van der Waals surface area contributed by atoms with E-state index in [1.54, 1.807) is 14.2 Å². The summed E-state index contributed by atoms with van der Waals surface area (Å²) >= 11 is 0. The Morgan fingerprint density at radius 3 is 2.81 bits per heavy atom. The van der Waals surface area contributed by atoms with Crippen molar-refractivity contribution in [3.63, 3.8) is 0 Å². The zero-order valence-corrected chi connectivity index (χ0v) is 16.8. The monoisotopic (exact) mass is 362 g/mol. The van der Waals surface area contributed by atoms with Gasteiger partial charge in [0.1, 0.15) is 0 Å². The van der Waals surface area contributed by atoms with Gasteiger partial charge in [0.15, 0.2) is 5.96 Å². The maximum Gasteiger partial charge on any atom is 0.191 e. The molecule has 26 heavy (non-hydrogen) atoms. The highest BCUT2D eigenvalue weighted by atomic mass is 16.5. The van der Waals surface area contributed by atoms with Crippen LogP contribution in [0.3, 0.4) is 0 Å². The van der Waals surface area contributed by atoms with E-state index in [-0.39, 0.29) is 5.60 Å². The lowest BCUT2D eigenvalue weighted by Gasteiger charge is -2.31. The highest BCUT2D eigenvalue weighted by Crippen LogP contribution is 2.12. The van der Waals surface area contributed by atoms with Crippen LogP contribution in [-0.4, -0.2) is 63.0 Å². The van der Waals surface area contributed by atoms with Gasteiger partial charge in [-0.3, -0.25) is 9.89 Å². The van der Waals surface area contributed by atoms with Crippen molar-refractivity contribution in [2.45, 2.75) is 45.6 Å². The Morgan fingerprint density at radius 2 is 2.12 bits per heavy atom. The van der Waals surface area contributed by atoms with Crippen LogP contribution in [0, 0.1) is 0 Å². The van der Waals surface area contributed by atoms with Crippen LogP contribution in [0.4, 0.5) is 0 Å². The van der Waals surface area contributed by atoms with Crippen molar-refractivity contribution in [2.75, 3.05) is 40.4 Å². The van der Waals surface area contributed by atoms with Crippen LogP contribution in [-0.2, 0) is 22.6 Å². The van der Waals surface area contributed by atoms with Crippen LogP contribution in [0.5, 0.6) is 0 Å². The van der Waals surface area contributed by atoms with E-state index in [9.17, 15) is 0 Å². The second-order valence-corrected chi connectivity index (χ2v) is 7.48. The number of benzene rings is 1. The Labute approximate surface area is 158 Å². The molecule has 0 bridgehead atoms. The molecule has 2 N–H and O–H groups in total. The van der Waals surface area contributed by atoms with E-state index < -0.39 is 0 Å². The van der Waals surface area contributed by atoms with Crippen molar-refractivity contribution >= 4 is 5.96 Å². The normalized spacial score (nSPS) is 19.4. The second kappa shape index (κ2) is 9.90. The van der Waals surface area contributed by atoms with E-state index in [4.69, 9.17) is 9.47 Å². The first kappa shape index (κ1) is 20.7. The number of hydrogen-bond acceptors (Lipinski definition) is 4. The summed E-state index contributed by atoms with van der Waals surface area (Å²) in [5.41, 5.74) is 2.35. The topological polar surface area (TPSA) is 58.1 Å². The third-order valence-electron chi connectivity index (χ3n) is 4.64. The standard InChI is InChI=1S/C20H34N4O2/c1-16-13-24(9-10-26-16)14-18-8-6-7-17(11-18)12-22-19(21-4)23-15-20(2,3)25-5/h6-8,11,16H,9-10,12-15H2,1-5H3,(H2,21,22,23). The molecule has 1 aliphatic heterocycles. The van der Waals surface area contributed by atoms with Gasteiger partial charge in [-0.2, -0.15) is 0 Å². The highest BCUT2D eigenvalue weighted by molar-refractivity contribution is 5.79. The lowest BCUT2D eigenvalue weighted by molar-refractivity contribution is -0.0212. The van der Waals surface area contributed by atoms with Crippen LogP contribution in [0.15, 0.2) is 29.3 Å². The smallest absolute Gasteiger partial charge is 0.191 e. The first-order valence-electron chi connectivity index (χ1n) is 9.33. The third kappa shape index (κ3) is 6.94. The molecule has 0 amide bonds. The minimum atomic E-state index is -0.229. The van der Waals surface area contributed by atoms with Gasteiger partial charge in [-0.1, -0.05) is 24.3 Å². The molecule has 0 saturated carbocycles. The van der Waals surface area contributed by atoms with Gasteiger partial charge in [-0.25, -0.2) is 0 Å². The Kier molecular flexibility index (Phi) is 7.87. The van der Waals surface area contributed by atoms with Crippen molar-refractivity contribution in [3.8, 4) is 0 Å². The minimum absolute atomic E-state index is 0.229. The molecular weight excluding hydrogens is 328 g/mol. The molecule has 1 aromatic rings. The number of nitrogens with zero attached hydrogens (tertiary/aromatic N) is 2. The second-order valence-electron chi connectivity index (χ2n) is 7.48. The molecule has 146 valence electrons. The molecule has 1 saturated heterocycles. The predicted molar refractivity (Wildman–Crippen MR) is 106 cm³/mol. The number of ether oxygens (including phenoxy) is 2. The largest absolute Gasteiger partial charge is 0.377 e. The summed E-state index contributed by atoms with van der Waals surface area (Å²) < 4.78 is 11.1. The maximum absolute atomic E-state index is 5.62. The van der Waals surface area contributed by atoms with Gasteiger partial charge in [0.05, 0.1) is 18.3 Å². The number of rotatable bonds is 7. The van der Waals surface area contributed by atoms with Crippen LogP contribution >= 0.6 is 0 Å². The Balaban J connectivity index is 1.85.